The van der Waals surface area contributed by atoms with Gasteiger partial charge in [-0.3, -0.25) is 9.59 Å². The Morgan fingerprint density at radius 3 is 2.54 bits per heavy atom. The zero-order valence-electron chi connectivity index (χ0n) is 12.7. The molecule has 4 rings (SSSR count). The Balaban J connectivity index is 1.46. The molecular formula is C16H14N4O4. The van der Waals surface area contributed by atoms with Crippen LogP contribution in [0.2, 0.25) is 0 Å². The number of imide groups is 1. The molecule has 0 aliphatic carbocycles. The minimum Gasteiger partial charge on any atom is -0.329 e. The van der Waals surface area contributed by atoms with Crippen LogP contribution in [0.25, 0.3) is 0 Å². The predicted octanol–water partition coefficient (Wildman–Crippen LogP) is 0.985. The Morgan fingerprint density at radius 1 is 1.12 bits per heavy atom. The summed E-state index contributed by atoms with van der Waals surface area (Å²) in [6, 6.07) is 6.41. The monoisotopic (exact) mass is 326 g/mol. The average Bonchev–Trinajstić information content (AvgIpc) is 3.06. The first-order chi connectivity index (χ1) is 11.6. The molecule has 1 atom stereocenters. The third-order valence-corrected chi connectivity index (χ3v) is 4.40. The smallest absolute Gasteiger partial charge is 0.329 e. The highest BCUT2D eigenvalue weighted by Crippen LogP contribution is 2.25. The average molecular weight is 326 g/mol. The van der Waals surface area contributed by atoms with Crippen molar-refractivity contribution in [2.24, 2.45) is 5.92 Å². The van der Waals surface area contributed by atoms with E-state index >= 15 is 0 Å². The van der Waals surface area contributed by atoms with Crippen molar-refractivity contribution in [2.75, 3.05) is 0 Å². The molecule has 0 saturated carbocycles. The van der Waals surface area contributed by atoms with Crippen molar-refractivity contribution in [3.05, 3.63) is 47.5 Å². The van der Waals surface area contributed by atoms with Crippen LogP contribution in [0.3, 0.4) is 0 Å². The first kappa shape index (κ1) is 14.6. The van der Waals surface area contributed by atoms with Gasteiger partial charge in [-0.25, -0.2) is 4.79 Å². The topological polar surface area (TPSA) is 94.4 Å². The summed E-state index contributed by atoms with van der Waals surface area (Å²) in [5, 5.41) is 8.42. The van der Waals surface area contributed by atoms with Crippen LogP contribution in [-0.4, -0.2) is 37.6 Å². The largest absolute Gasteiger partial charge is 0.336 e. The van der Waals surface area contributed by atoms with Gasteiger partial charge in [0.25, 0.3) is 11.8 Å². The highest BCUT2D eigenvalue weighted by Gasteiger charge is 2.39. The van der Waals surface area contributed by atoms with Gasteiger partial charge in [-0.2, -0.15) is 0 Å². The lowest BCUT2D eigenvalue weighted by atomic mass is 10.0. The Morgan fingerprint density at radius 2 is 1.83 bits per heavy atom. The van der Waals surface area contributed by atoms with E-state index in [9.17, 15) is 14.4 Å². The van der Waals surface area contributed by atoms with E-state index in [4.69, 9.17) is 4.84 Å². The van der Waals surface area contributed by atoms with Gasteiger partial charge in [-0.1, -0.05) is 17.2 Å². The van der Waals surface area contributed by atoms with E-state index in [-0.39, 0.29) is 11.1 Å². The molecule has 24 heavy (non-hydrogen) atoms. The van der Waals surface area contributed by atoms with Crippen LogP contribution in [-0.2, 0) is 22.6 Å². The zero-order valence-corrected chi connectivity index (χ0v) is 12.7. The van der Waals surface area contributed by atoms with Crippen LogP contribution >= 0.6 is 0 Å². The summed E-state index contributed by atoms with van der Waals surface area (Å²) < 4.78 is 1.90. The number of hydroxylamine groups is 2. The number of hydrogen-bond donors (Lipinski definition) is 0. The normalized spacial score (nSPS) is 19.7. The van der Waals surface area contributed by atoms with E-state index in [0.717, 1.165) is 5.82 Å². The third kappa shape index (κ3) is 2.27. The molecule has 122 valence electrons. The molecule has 2 aromatic rings. The fourth-order valence-electron chi connectivity index (χ4n) is 3.05. The molecule has 1 unspecified atom stereocenters. The van der Waals surface area contributed by atoms with Crippen LogP contribution in [0.15, 0.2) is 30.6 Å². The molecule has 2 amide bonds. The summed E-state index contributed by atoms with van der Waals surface area (Å²) in [6.45, 7) is 0.601. The van der Waals surface area contributed by atoms with Gasteiger partial charge in [-0.15, -0.1) is 10.2 Å². The third-order valence-electron chi connectivity index (χ3n) is 4.40. The second-order valence-electron chi connectivity index (χ2n) is 5.83. The van der Waals surface area contributed by atoms with E-state index < -0.39 is 23.7 Å². The van der Waals surface area contributed by atoms with Gasteiger partial charge < -0.3 is 9.40 Å². The number of hydrogen-bond acceptors (Lipinski definition) is 6. The van der Waals surface area contributed by atoms with Gasteiger partial charge in [0.1, 0.15) is 12.2 Å². The molecular weight excluding hydrogens is 312 g/mol. The van der Waals surface area contributed by atoms with Gasteiger partial charge in [-0.05, 0) is 25.0 Å². The Kier molecular flexibility index (Phi) is 3.37. The molecule has 0 saturated heterocycles. The molecule has 2 aliphatic heterocycles. The molecule has 0 radical (unpaired) electrons. The molecule has 8 nitrogen and oxygen atoms in total. The van der Waals surface area contributed by atoms with Crippen molar-refractivity contribution < 1.29 is 19.2 Å². The van der Waals surface area contributed by atoms with Gasteiger partial charge in [0, 0.05) is 13.0 Å². The minimum absolute atomic E-state index is 0.252. The first-order valence-electron chi connectivity index (χ1n) is 7.71. The van der Waals surface area contributed by atoms with E-state index in [2.05, 4.69) is 10.2 Å². The van der Waals surface area contributed by atoms with Crippen molar-refractivity contribution in [2.45, 2.75) is 25.8 Å². The van der Waals surface area contributed by atoms with Crippen molar-refractivity contribution in [1.82, 2.24) is 19.8 Å². The van der Waals surface area contributed by atoms with E-state index in [1.807, 2.05) is 4.57 Å². The van der Waals surface area contributed by atoms with Gasteiger partial charge >= 0.3 is 5.97 Å². The number of rotatable bonds is 2. The molecule has 1 aromatic carbocycles. The molecule has 0 bridgehead atoms. The fraction of sp³-hybridized carbons (Fsp3) is 0.312. The van der Waals surface area contributed by atoms with E-state index in [0.29, 0.717) is 30.9 Å². The van der Waals surface area contributed by atoms with Crippen LogP contribution in [0.1, 0.15) is 39.4 Å². The molecule has 0 N–H and O–H groups in total. The van der Waals surface area contributed by atoms with E-state index in [1.54, 1.807) is 30.6 Å². The first-order valence-corrected chi connectivity index (χ1v) is 7.71. The lowest BCUT2D eigenvalue weighted by Crippen LogP contribution is -2.35. The molecule has 2 aliphatic rings. The second kappa shape index (κ2) is 5.55. The summed E-state index contributed by atoms with van der Waals surface area (Å²) in [5.41, 5.74) is 0.504. The summed E-state index contributed by atoms with van der Waals surface area (Å²) in [7, 11) is 0. The highest BCUT2D eigenvalue weighted by molar-refractivity contribution is 6.20. The lowest BCUT2D eigenvalue weighted by Gasteiger charge is -2.17. The predicted molar refractivity (Wildman–Crippen MR) is 79.5 cm³/mol. The van der Waals surface area contributed by atoms with E-state index in [1.165, 1.54) is 0 Å². The maximum Gasteiger partial charge on any atom is 0.336 e. The lowest BCUT2D eigenvalue weighted by molar-refractivity contribution is -0.174. The minimum atomic E-state index is -0.602. The number of amides is 2. The summed E-state index contributed by atoms with van der Waals surface area (Å²) in [6.07, 6.45) is 3.32. The quantitative estimate of drug-likeness (QED) is 0.764. The molecule has 3 heterocycles. The summed E-state index contributed by atoms with van der Waals surface area (Å²) in [5.74, 6) is -1.34. The number of benzene rings is 1. The zero-order chi connectivity index (χ0) is 16.7. The van der Waals surface area contributed by atoms with Crippen molar-refractivity contribution in [3.8, 4) is 0 Å². The number of aromatic nitrogens is 3. The molecule has 1 aromatic heterocycles. The number of aryl methyl sites for hydroxylation is 2. The van der Waals surface area contributed by atoms with Crippen LogP contribution in [0, 0.1) is 5.92 Å². The number of nitrogens with zero attached hydrogens (tertiary/aromatic N) is 4. The Hall–Kier alpha value is -3.03. The van der Waals surface area contributed by atoms with Crippen LogP contribution < -0.4 is 0 Å². The van der Waals surface area contributed by atoms with Crippen LogP contribution in [0.4, 0.5) is 0 Å². The maximum absolute atomic E-state index is 12.4. The number of carbonyl (C=O) groups is 3. The second-order valence-corrected chi connectivity index (χ2v) is 5.83. The standard InChI is InChI=1S/C16H14N4O4/c21-14-11-3-1-2-4-12(11)15(22)20(14)24-16(23)10-5-6-13-18-17-9-19(13)8-7-10/h1-4,9-10H,5-8H2. The highest BCUT2D eigenvalue weighted by atomic mass is 16.7. The van der Waals surface area contributed by atoms with Gasteiger partial charge in [0.05, 0.1) is 17.0 Å². The van der Waals surface area contributed by atoms with Gasteiger partial charge in [0.2, 0.25) is 0 Å². The molecule has 0 fully saturated rings. The van der Waals surface area contributed by atoms with Crippen molar-refractivity contribution in [3.63, 3.8) is 0 Å². The Bertz CT molecular complexity index is 787. The van der Waals surface area contributed by atoms with Gasteiger partial charge in [0.15, 0.2) is 0 Å². The molecule has 8 heteroatoms. The van der Waals surface area contributed by atoms with Crippen molar-refractivity contribution in [1.29, 1.82) is 0 Å². The number of carbonyl (C=O) groups excluding carboxylic acids is 3. The number of fused-ring (bicyclic) bond motifs is 2. The fourth-order valence-corrected chi connectivity index (χ4v) is 3.05. The Labute approximate surface area is 137 Å². The van der Waals surface area contributed by atoms with Crippen LogP contribution in [0.5, 0.6) is 0 Å². The summed E-state index contributed by atoms with van der Waals surface area (Å²) >= 11 is 0. The molecule has 0 spiro atoms. The summed E-state index contributed by atoms with van der Waals surface area (Å²) in [4.78, 5) is 42.0. The SMILES string of the molecule is O=C(ON1C(=O)c2ccccc2C1=O)C1CCc2nncn2CC1. The maximum atomic E-state index is 12.4. The van der Waals surface area contributed by atoms with Crippen molar-refractivity contribution >= 4 is 17.8 Å².